The van der Waals surface area contributed by atoms with Crippen molar-refractivity contribution in [3.63, 3.8) is 0 Å². The number of likely N-dealkylation sites (tertiary alicyclic amines) is 1. The van der Waals surface area contributed by atoms with Gasteiger partial charge in [0.1, 0.15) is 11.8 Å². The third-order valence-corrected chi connectivity index (χ3v) is 4.64. The summed E-state index contributed by atoms with van der Waals surface area (Å²) in [4.78, 5) is 25.6. The molecule has 2 fully saturated rings. The predicted octanol–water partition coefficient (Wildman–Crippen LogP) is 3.18. The predicted molar refractivity (Wildman–Crippen MR) is 96.8 cm³/mol. The molecule has 0 radical (unpaired) electrons. The van der Waals surface area contributed by atoms with Crippen LogP contribution in [0, 0.1) is 0 Å². The average molecular weight is 362 g/mol. The van der Waals surface area contributed by atoms with Crippen LogP contribution in [0.15, 0.2) is 24.3 Å². The van der Waals surface area contributed by atoms with E-state index in [4.69, 9.17) is 4.74 Å². The molecule has 2 aliphatic rings. The summed E-state index contributed by atoms with van der Waals surface area (Å²) in [5.41, 5.74) is 1.60. The van der Waals surface area contributed by atoms with Gasteiger partial charge in [-0.25, -0.2) is 9.18 Å². The topological polar surface area (TPSA) is 58.6 Å². The Balaban J connectivity index is 1.49. The first-order valence-corrected chi connectivity index (χ1v) is 9.21. The molecule has 0 spiro atoms. The van der Waals surface area contributed by atoms with Gasteiger partial charge in [0.2, 0.25) is 5.91 Å². The van der Waals surface area contributed by atoms with Gasteiger partial charge < -0.3 is 15.0 Å². The summed E-state index contributed by atoms with van der Waals surface area (Å²) in [7, 11) is 0. The summed E-state index contributed by atoms with van der Waals surface area (Å²) in [6.45, 7) is 5.36. The van der Waals surface area contributed by atoms with Gasteiger partial charge in [0.05, 0.1) is 19.0 Å². The van der Waals surface area contributed by atoms with Gasteiger partial charge in [0.25, 0.3) is 0 Å². The van der Waals surface area contributed by atoms with Crippen LogP contribution in [-0.2, 0) is 16.0 Å². The van der Waals surface area contributed by atoms with Gasteiger partial charge in [0.15, 0.2) is 0 Å². The second-order valence-electron chi connectivity index (χ2n) is 8.27. The normalized spacial score (nSPS) is 23.0. The molecule has 0 bridgehead atoms. The Bertz CT molecular complexity index is 665. The van der Waals surface area contributed by atoms with Gasteiger partial charge in [-0.2, -0.15) is 0 Å². The van der Waals surface area contributed by atoms with Crippen molar-refractivity contribution < 1.29 is 18.7 Å². The van der Waals surface area contributed by atoms with E-state index in [0.717, 1.165) is 5.56 Å². The van der Waals surface area contributed by atoms with Gasteiger partial charge >= 0.3 is 6.09 Å². The maximum Gasteiger partial charge on any atom is 0.410 e. The van der Waals surface area contributed by atoms with Crippen molar-refractivity contribution in [2.24, 2.45) is 0 Å². The van der Waals surface area contributed by atoms with E-state index in [-0.39, 0.29) is 25.4 Å². The van der Waals surface area contributed by atoms with E-state index < -0.39 is 23.9 Å². The molecule has 3 rings (SSSR count). The Labute approximate surface area is 153 Å². The van der Waals surface area contributed by atoms with Gasteiger partial charge in [-0.15, -0.1) is 0 Å². The minimum absolute atomic E-state index is 0.0596. The number of carbonyl (C=O) groups excluding carboxylic acids is 2. The number of nitrogens with zero attached hydrogens (tertiary/aromatic N) is 1. The number of nitrogens with one attached hydrogen (secondary N) is 1. The molecule has 1 N–H and O–H groups in total. The van der Waals surface area contributed by atoms with Crippen LogP contribution in [0.1, 0.15) is 50.7 Å². The van der Waals surface area contributed by atoms with Crippen LogP contribution in [0.4, 0.5) is 9.18 Å². The van der Waals surface area contributed by atoms with Crippen molar-refractivity contribution in [1.82, 2.24) is 10.2 Å². The molecule has 2 atom stereocenters. The van der Waals surface area contributed by atoms with Crippen LogP contribution in [0.5, 0.6) is 0 Å². The summed E-state index contributed by atoms with van der Waals surface area (Å²) in [6, 6.07) is 7.36. The highest BCUT2D eigenvalue weighted by atomic mass is 19.1. The number of hydrogen-bond donors (Lipinski definition) is 1. The molecule has 0 unspecified atom stereocenters. The molecule has 1 saturated heterocycles. The molecular formula is C20H27FN2O3. The zero-order valence-corrected chi connectivity index (χ0v) is 15.6. The molecule has 1 aliphatic heterocycles. The number of carbonyl (C=O) groups is 2. The lowest BCUT2D eigenvalue weighted by molar-refractivity contribution is -0.121. The number of hydrogen-bond acceptors (Lipinski definition) is 3. The quantitative estimate of drug-likeness (QED) is 0.895. The fraction of sp³-hybridized carbons (Fsp3) is 0.600. The highest BCUT2D eigenvalue weighted by molar-refractivity contribution is 5.79. The van der Waals surface area contributed by atoms with Gasteiger partial charge in [-0.3, -0.25) is 4.79 Å². The summed E-state index contributed by atoms with van der Waals surface area (Å²) in [5, 5.41) is 2.71. The maximum atomic E-state index is 14.2. The van der Waals surface area contributed by atoms with Crippen molar-refractivity contribution in [1.29, 1.82) is 0 Å². The van der Waals surface area contributed by atoms with E-state index in [1.807, 2.05) is 12.1 Å². The Morgan fingerprint density at radius 2 is 1.85 bits per heavy atom. The summed E-state index contributed by atoms with van der Waals surface area (Å²) >= 11 is 0. The number of halogens is 1. The molecule has 1 aromatic carbocycles. The average Bonchev–Trinajstić information content (AvgIpc) is 3.31. The molecule has 6 heteroatoms. The first-order valence-electron chi connectivity index (χ1n) is 9.21. The van der Waals surface area contributed by atoms with Crippen LogP contribution < -0.4 is 5.32 Å². The molecular weight excluding hydrogens is 335 g/mol. The van der Waals surface area contributed by atoms with E-state index in [2.05, 4.69) is 17.4 Å². The molecule has 1 aromatic rings. The number of alkyl halides is 1. The fourth-order valence-electron chi connectivity index (χ4n) is 3.14. The van der Waals surface area contributed by atoms with Gasteiger partial charge in [-0.05, 0) is 50.7 Å². The second kappa shape index (κ2) is 7.25. The highest BCUT2D eigenvalue weighted by Crippen LogP contribution is 2.39. The van der Waals surface area contributed by atoms with E-state index >= 15 is 0 Å². The minimum atomic E-state index is -1.29. The molecule has 5 nitrogen and oxygen atoms in total. The molecule has 1 saturated carbocycles. The second-order valence-corrected chi connectivity index (χ2v) is 8.27. The summed E-state index contributed by atoms with van der Waals surface area (Å²) in [5.74, 6) is 0.449. The van der Waals surface area contributed by atoms with E-state index in [0.29, 0.717) is 5.92 Å². The lowest BCUT2D eigenvalue weighted by atomic mass is 10.1. The smallest absolute Gasteiger partial charge is 0.410 e. The van der Waals surface area contributed by atoms with Crippen LogP contribution in [0.2, 0.25) is 0 Å². The zero-order chi connectivity index (χ0) is 18.9. The van der Waals surface area contributed by atoms with E-state index in [1.165, 1.54) is 23.3 Å². The largest absolute Gasteiger partial charge is 0.444 e. The zero-order valence-electron chi connectivity index (χ0n) is 15.6. The van der Waals surface area contributed by atoms with Gasteiger partial charge in [0, 0.05) is 6.54 Å². The molecule has 1 heterocycles. The Hall–Kier alpha value is -2.11. The summed E-state index contributed by atoms with van der Waals surface area (Å²) < 4.78 is 19.5. The first kappa shape index (κ1) is 18.7. The van der Waals surface area contributed by atoms with Crippen molar-refractivity contribution >= 4 is 12.0 Å². The Morgan fingerprint density at radius 1 is 1.19 bits per heavy atom. The third-order valence-electron chi connectivity index (χ3n) is 4.64. The van der Waals surface area contributed by atoms with E-state index in [9.17, 15) is 14.0 Å². The van der Waals surface area contributed by atoms with Gasteiger partial charge in [-0.1, -0.05) is 24.3 Å². The van der Waals surface area contributed by atoms with Crippen LogP contribution in [0.3, 0.4) is 0 Å². The van der Waals surface area contributed by atoms with Crippen LogP contribution >= 0.6 is 0 Å². The number of amides is 2. The lowest BCUT2D eigenvalue weighted by Crippen LogP contribution is -2.42. The molecule has 0 aromatic heterocycles. The number of rotatable bonds is 4. The van der Waals surface area contributed by atoms with E-state index in [1.54, 1.807) is 20.8 Å². The third kappa shape index (κ3) is 4.96. The van der Waals surface area contributed by atoms with Crippen molar-refractivity contribution in [3.8, 4) is 0 Å². The van der Waals surface area contributed by atoms with Crippen LogP contribution in [-0.4, -0.2) is 47.8 Å². The standard InChI is InChI=1S/C20H27FN2O3/c1-20(2,3)26-19(25)23-11-16(21)17(12-23)22-18(24)10-13-4-6-14(7-5-13)15-8-9-15/h4-7,15-17H,8-12H2,1-3H3,(H,22,24)/t16-,17-/m0/s1. The summed E-state index contributed by atoms with van der Waals surface area (Å²) in [6.07, 6.45) is 0.859. The maximum absolute atomic E-state index is 14.2. The molecule has 1 aliphatic carbocycles. The van der Waals surface area contributed by atoms with Crippen molar-refractivity contribution in [3.05, 3.63) is 35.4 Å². The number of ether oxygens (including phenoxy) is 1. The van der Waals surface area contributed by atoms with Crippen LogP contribution in [0.25, 0.3) is 0 Å². The lowest BCUT2D eigenvalue weighted by Gasteiger charge is -2.24. The Morgan fingerprint density at radius 3 is 2.42 bits per heavy atom. The molecule has 2 amide bonds. The van der Waals surface area contributed by atoms with Crippen molar-refractivity contribution in [2.75, 3.05) is 13.1 Å². The molecule has 142 valence electrons. The Kier molecular flexibility index (Phi) is 5.21. The minimum Gasteiger partial charge on any atom is -0.444 e. The molecule has 26 heavy (non-hydrogen) atoms. The fourth-order valence-corrected chi connectivity index (χ4v) is 3.14. The SMILES string of the molecule is CC(C)(C)OC(=O)N1C[C@H](NC(=O)Cc2ccc(C3CC3)cc2)[C@@H](F)C1. The number of benzene rings is 1. The first-order chi connectivity index (χ1) is 12.2. The monoisotopic (exact) mass is 362 g/mol. The van der Waals surface area contributed by atoms with Crippen molar-refractivity contribution in [2.45, 2.75) is 63.8 Å². The highest BCUT2D eigenvalue weighted by Gasteiger charge is 2.38.